The predicted octanol–water partition coefficient (Wildman–Crippen LogP) is 12.4. The number of pyridine rings is 1. The molecule has 52 heavy (non-hydrogen) atoms. The third-order valence-corrected chi connectivity index (χ3v) is 10.00. The highest BCUT2D eigenvalue weighted by Gasteiger charge is 2.21. The molecule has 0 atom stereocenters. The first-order valence-corrected chi connectivity index (χ1v) is 17.6. The Bertz CT molecular complexity index is 2890. The van der Waals surface area contributed by atoms with Crippen molar-refractivity contribution in [1.29, 1.82) is 0 Å². The number of hydrogen-bond donors (Lipinski definition) is 1. The molecular weight excluding hydrogens is 633 g/mol. The number of aromatic nitrogens is 4. The Balaban J connectivity index is 1.22. The van der Waals surface area contributed by atoms with Gasteiger partial charge in [0.25, 0.3) is 0 Å². The number of rotatable bonds is 6. The second-order valence-corrected chi connectivity index (χ2v) is 13.1. The van der Waals surface area contributed by atoms with Crippen molar-refractivity contribution in [3.8, 4) is 61.7 Å². The quantitative estimate of drug-likeness (QED) is 0.192. The van der Waals surface area contributed by atoms with Gasteiger partial charge >= 0.3 is 0 Å². The van der Waals surface area contributed by atoms with Crippen molar-refractivity contribution in [2.24, 2.45) is 0 Å². The number of benzene rings is 7. The van der Waals surface area contributed by atoms with Crippen molar-refractivity contribution < 1.29 is 0 Å². The van der Waals surface area contributed by atoms with Gasteiger partial charge in [-0.3, -0.25) is 9.55 Å². The average molecular weight is 665 g/mol. The summed E-state index contributed by atoms with van der Waals surface area (Å²) in [4.78, 5) is 14.2. The van der Waals surface area contributed by atoms with Gasteiger partial charge < -0.3 is 4.98 Å². The molecule has 0 saturated carbocycles. The lowest BCUT2D eigenvalue weighted by Gasteiger charge is -2.13. The molecule has 7 aromatic carbocycles. The maximum absolute atomic E-state index is 5.54. The summed E-state index contributed by atoms with van der Waals surface area (Å²) in [6, 6.07) is 64.2. The van der Waals surface area contributed by atoms with Crippen LogP contribution < -0.4 is 0 Å². The molecule has 0 spiro atoms. The summed E-state index contributed by atoms with van der Waals surface area (Å²) in [6.07, 6.45) is 1.91. The van der Waals surface area contributed by atoms with E-state index in [1.807, 2.05) is 12.3 Å². The van der Waals surface area contributed by atoms with Gasteiger partial charge in [-0.2, -0.15) is 0 Å². The van der Waals surface area contributed by atoms with Gasteiger partial charge in [-0.1, -0.05) is 121 Å². The van der Waals surface area contributed by atoms with Crippen molar-refractivity contribution in [1.82, 2.24) is 19.5 Å². The van der Waals surface area contributed by atoms with Crippen molar-refractivity contribution in [3.63, 3.8) is 0 Å². The van der Waals surface area contributed by atoms with Crippen LogP contribution in [0, 0.1) is 0 Å². The zero-order valence-electron chi connectivity index (χ0n) is 28.2. The van der Waals surface area contributed by atoms with Crippen LogP contribution in [0.2, 0.25) is 0 Å². The summed E-state index contributed by atoms with van der Waals surface area (Å²) < 4.78 is 2.30. The molecule has 0 radical (unpaired) electrons. The SMILES string of the molecule is c1ccc(-c2cc(-c3cc(-c4ccccc4)ccn3)cc(-c3cccc4c3nc(-c3cccc5c3[nH]c3ccccc35)n4-c3ccccc3)c2)cc1. The van der Waals surface area contributed by atoms with Crippen LogP contribution in [-0.4, -0.2) is 19.5 Å². The summed E-state index contributed by atoms with van der Waals surface area (Å²) in [5.74, 6) is 0.891. The Hall–Kier alpha value is -7.04. The highest BCUT2D eigenvalue weighted by atomic mass is 15.1. The molecule has 0 bridgehead atoms. The van der Waals surface area contributed by atoms with Crippen LogP contribution in [-0.2, 0) is 0 Å². The predicted molar refractivity (Wildman–Crippen MR) is 215 cm³/mol. The fourth-order valence-corrected chi connectivity index (χ4v) is 7.54. The first-order chi connectivity index (χ1) is 25.8. The first kappa shape index (κ1) is 29.8. The van der Waals surface area contributed by atoms with E-state index in [2.05, 4.69) is 185 Å². The molecule has 4 nitrogen and oxygen atoms in total. The van der Waals surface area contributed by atoms with E-state index in [4.69, 9.17) is 9.97 Å². The van der Waals surface area contributed by atoms with Crippen LogP contribution in [0.3, 0.4) is 0 Å². The van der Waals surface area contributed by atoms with E-state index in [-0.39, 0.29) is 0 Å². The van der Waals surface area contributed by atoms with Crippen molar-refractivity contribution in [2.45, 2.75) is 0 Å². The molecule has 0 fully saturated rings. The Morgan fingerprint density at radius 2 is 1.08 bits per heavy atom. The molecule has 1 N–H and O–H groups in total. The van der Waals surface area contributed by atoms with E-state index in [9.17, 15) is 0 Å². The van der Waals surface area contributed by atoms with Crippen molar-refractivity contribution >= 4 is 32.8 Å². The molecule has 0 aliphatic heterocycles. The Labute approximate surface area is 301 Å². The van der Waals surface area contributed by atoms with Gasteiger partial charge in [-0.15, -0.1) is 0 Å². The molecule has 0 saturated heterocycles. The largest absolute Gasteiger partial charge is 0.354 e. The van der Waals surface area contributed by atoms with Gasteiger partial charge in [-0.05, 0) is 88.5 Å². The second-order valence-electron chi connectivity index (χ2n) is 13.1. The number of para-hydroxylation sites is 4. The smallest absolute Gasteiger partial charge is 0.147 e. The van der Waals surface area contributed by atoms with E-state index in [0.29, 0.717) is 0 Å². The minimum Gasteiger partial charge on any atom is -0.354 e. The molecule has 3 aromatic heterocycles. The maximum atomic E-state index is 5.54. The molecule has 0 amide bonds. The first-order valence-electron chi connectivity index (χ1n) is 17.6. The van der Waals surface area contributed by atoms with Crippen LogP contribution in [0.4, 0.5) is 0 Å². The molecule has 10 rings (SSSR count). The van der Waals surface area contributed by atoms with Crippen LogP contribution in [0.1, 0.15) is 0 Å². The van der Waals surface area contributed by atoms with Gasteiger partial charge in [-0.25, -0.2) is 4.98 Å². The van der Waals surface area contributed by atoms with Gasteiger partial charge in [0.05, 0.1) is 22.2 Å². The normalized spacial score (nSPS) is 11.5. The lowest BCUT2D eigenvalue weighted by Crippen LogP contribution is -1.97. The van der Waals surface area contributed by atoms with E-state index < -0.39 is 0 Å². The lowest BCUT2D eigenvalue weighted by atomic mass is 9.93. The van der Waals surface area contributed by atoms with Crippen LogP contribution in [0.25, 0.3) is 94.6 Å². The second kappa shape index (κ2) is 12.4. The molecule has 0 aliphatic rings. The Morgan fingerprint density at radius 3 is 1.88 bits per heavy atom. The molecule has 0 aliphatic carbocycles. The standard InChI is InChI=1S/C48H32N4/c1-4-14-32(15-5-1)34-26-27-49-44(31-34)37-29-35(33-16-6-2-7-17-33)28-36(30-37)39-21-13-25-45-47(39)51-48(52(45)38-18-8-3-9-19-38)42-23-12-22-41-40-20-10-11-24-43(40)50-46(41)42/h1-31,50H. The summed E-state index contributed by atoms with van der Waals surface area (Å²) in [6.45, 7) is 0. The van der Waals surface area contributed by atoms with E-state index in [0.717, 1.165) is 78.2 Å². The number of imidazole rings is 1. The molecule has 0 unspecified atom stereocenters. The number of H-pyrrole nitrogens is 1. The fraction of sp³-hybridized carbons (Fsp3) is 0. The molecule has 3 heterocycles. The fourth-order valence-electron chi connectivity index (χ4n) is 7.54. The summed E-state index contributed by atoms with van der Waals surface area (Å²) >= 11 is 0. The highest BCUT2D eigenvalue weighted by molar-refractivity contribution is 6.12. The Kier molecular flexibility index (Phi) is 7.10. The minimum absolute atomic E-state index is 0.891. The number of nitrogens with zero attached hydrogens (tertiary/aromatic N) is 3. The number of aromatic amines is 1. The molecule has 10 aromatic rings. The van der Waals surface area contributed by atoms with Crippen LogP contribution in [0.15, 0.2) is 188 Å². The minimum atomic E-state index is 0.891. The van der Waals surface area contributed by atoms with Gasteiger partial charge in [0.15, 0.2) is 0 Å². The maximum Gasteiger partial charge on any atom is 0.147 e. The highest BCUT2D eigenvalue weighted by Crippen LogP contribution is 2.40. The van der Waals surface area contributed by atoms with E-state index in [1.165, 1.54) is 16.3 Å². The zero-order chi connectivity index (χ0) is 34.4. The third-order valence-electron chi connectivity index (χ3n) is 10.00. The molecule has 4 heteroatoms. The van der Waals surface area contributed by atoms with E-state index in [1.54, 1.807) is 0 Å². The van der Waals surface area contributed by atoms with Gasteiger partial charge in [0, 0.05) is 44.9 Å². The van der Waals surface area contributed by atoms with Crippen LogP contribution in [0.5, 0.6) is 0 Å². The number of nitrogens with one attached hydrogen (secondary N) is 1. The number of fused-ring (bicyclic) bond motifs is 4. The third kappa shape index (κ3) is 5.09. The van der Waals surface area contributed by atoms with Gasteiger partial charge in [0.2, 0.25) is 0 Å². The Morgan fingerprint density at radius 1 is 0.442 bits per heavy atom. The summed E-state index contributed by atoms with van der Waals surface area (Å²) in [5.41, 5.74) is 15.0. The summed E-state index contributed by atoms with van der Waals surface area (Å²) in [5, 5.41) is 2.39. The zero-order valence-corrected chi connectivity index (χ0v) is 28.2. The van der Waals surface area contributed by atoms with Crippen molar-refractivity contribution in [2.75, 3.05) is 0 Å². The van der Waals surface area contributed by atoms with E-state index >= 15 is 0 Å². The summed E-state index contributed by atoms with van der Waals surface area (Å²) in [7, 11) is 0. The monoisotopic (exact) mass is 664 g/mol. The lowest BCUT2D eigenvalue weighted by molar-refractivity contribution is 1.10. The average Bonchev–Trinajstić information content (AvgIpc) is 3.81. The molecule has 244 valence electrons. The topological polar surface area (TPSA) is 46.5 Å². The number of hydrogen-bond acceptors (Lipinski definition) is 2. The van der Waals surface area contributed by atoms with Crippen molar-refractivity contribution in [3.05, 3.63) is 188 Å². The van der Waals surface area contributed by atoms with Gasteiger partial charge in [0.1, 0.15) is 5.82 Å². The molecular formula is C48H32N4. The van der Waals surface area contributed by atoms with Crippen LogP contribution >= 0.6 is 0 Å².